The molecule has 3 amide bonds. The molecule has 3 aromatic rings. The molecule has 0 radical (unpaired) electrons. The number of anilines is 2. The van der Waals surface area contributed by atoms with E-state index in [9.17, 15) is 14.4 Å². The Morgan fingerprint density at radius 1 is 0.923 bits per heavy atom. The molecule has 1 N–H and O–H groups in total. The van der Waals surface area contributed by atoms with Crippen LogP contribution in [0.4, 0.5) is 10.3 Å². The number of amides is 3. The van der Waals surface area contributed by atoms with Crippen molar-refractivity contribution in [1.82, 2.24) is 25.3 Å². The smallest absolute Gasteiger partial charge is 0.230 e. The molecule has 210 valence electrons. The van der Waals surface area contributed by atoms with Crippen LogP contribution in [0.25, 0.3) is 0 Å². The van der Waals surface area contributed by atoms with Gasteiger partial charge in [-0.05, 0) is 29.4 Å². The molecule has 0 aliphatic rings. The summed E-state index contributed by atoms with van der Waals surface area (Å²) >= 11 is 2.81. The highest BCUT2D eigenvalue weighted by Crippen LogP contribution is 2.23. The van der Waals surface area contributed by atoms with Crippen molar-refractivity contribution in [1.29, 1.82) is 0 Å². The van der Waals surface area contributed by atoms with Crippen molar-refractivity contribution < 1.29 is 14.4 Å². The molecule has 0 unspecified atom stereocenters. The number of carbonyl (C=O) groups excluding carboxylic acids is 3. The fraction of sp³-hybridized carbons (Fsp3) is 0.519. The van der Waals surface area contributed by atoms with Crippen LogP contribution < -0.4 is 10.2 Å². The third-order valence-electron chi connectivity index (χ3n) is 5.84. The second-order valence-electron chi connectivity index (χ2n) is 10.8. The number of benzene rings is 1. The predicted octanol–water partition coefficient (Wildman–Crippen LogP) is 4.51. The van der Waals surface area contributed by atoms with E-state index in [-0.39, 0.29) is 29.6 Å². The lowest BCUT2D eigenvalue weighted by molar-refractivity contribution is -0.132. The first kappa shape index (κ1) is 30.3. The Kier molecular flexibility index (Phi) is 10.6. The Morgan fingerprint density at radius 3 is 2.23 bits per heavy atom. The van der Waals surface area contributed by atoms with Gasteiger partial charge >= 0.3 is 0 Å². The van der Waals surface area contributed by atoms with Gasteiger partial charge in [0.05, 0.1) is 6.42 Å². The molecular formula is C27H37N7O3S2. The van der Waals surface area contributed by atoms with Gasteiger partial charge < -0.3 is 10.2 Å². The van der Waals surface area contributed by atoms with Gasteiger partial charge in [0.2, 0.25) is 28.0 Å². The second-order valence-corrected chi connectivity index (χ2v) is 12.9. The van der Waals surface area contributed by atoms with Crippen molar-refractivity contribution in [3.05, 3.63) is 45.4 Å². The largest absolute Gasteiger partial charge is 0.341 e. The maximum absolute atomic E-state index is 12.6. The third-order valence-corrected chi connectivity index (χ3v) is 7.80. The topological polar surface area (TPSA) is 121 Å². The van der Waals surface area contributed by atoms with Gasteiger partial charge in [-0.15, -0.1) is 20.4 Å². The number of nitrogens with zero attached hydrogens (tertiary/aromatic N) is 6. The summed E-state index contributed by atoms with van der Waals surface area (Å²) in [7, 11) is 3.50. The van der Waals surface area contributed by atoms with Crippen LogP contribution in [-0.2, 0) is 40.2 Å². The van der Waals surface area contributed by atoms with Crippen LogP contribution in [0.2, 0.25) is 0 Å². The number of aryl methyl sites for hydroxylation is 2. The Bertz CT molecular complexity index is 1280. The minimum atomic E-state index is -0.158. The summed E-state index contributed by atoms with van der Waals surface area (Å²) in [5.41, 5.74) is 1.80. The summed E-state index contributed by atoms with van der Waals surface area (Å²) in [6.45, 7) is 8.15. The summed E-state index contributed by atoms with van der Waals surface area (Å²) in [4.78, 5) is 39.7. The third kappa shape index (κ3) is 10.1. The predicted molar refractivity (Wildman–Crippen MR) is 155 cm³/mol. The molecule has 0 atom stereocenters. The quantitative estimate of drug-likeness (QED) is 0.317. The van der Waals surface area contributed by atoms with Gasteiger partial charge in [0.1, 0.15) is 10.0 Å². The van der Waals surface area contributed by atoms with Crippen molar-refractivity contribution >= 4 is 50.7 Å². The van der Waals surface area contributed by atoms with Crippen molar-refractivity contribution in [2.24, 2.45) is 5.41 Å². The van der Waals surface area contributed by atoms with E-state index in [0.717, 1.165) is 46.8 Å². The summed E-state index contributed by atoms with van der Waals surface area (Å²) in [6.07, 6.45) is 4.05. The van der Waals surface area contributed by atoms with Crippen LogP contribution in [0.5, 0.6) is 0 Å². The second kappa shape index (κ2) is 13.7. The molecule has 12 heteroatoms. The highest BCUT2D eigenvalue weighted by Gasteiger charge is 2.19. The first-order valence-corrected chi connectivity index (χ1v) is 14.5. The SMILES string of the molecule is CC(=O)N(C)c1nnc(CCCCc2nnc(NC(=O)Cc3cccc(CN(C)C(=O)CC(C)(C)C)c3)s2)s1. The van der Waals surface area contributed by atoms with E-state index >= 15 is 0 Å². The van der Waals surface area contributed by atoms with Gasteiger partial charge in [0.25, 0.3) is 0 Å². The van der Waals surface area contributed by atoms with Gasteiger partial charge in [-0.25, -0.2) is 0 Å². The number of carbonyl (C=O) groups is 3. The van der Waals surface area contributed by atoms with Crippen LogP contribution in [0, 0.1) is 5.41 Å². The highest BCUT2D eigenvalue weighted by molar-refractivity contribution is 7.15. The molecule has 0 saturated heterocycles. The lowest BCUT2D eigenvalue weighted by Crippen LogP contribution is -2.29. The minimum Gasteiger partial charge on any atom is -0.341 e. The molecule has 0 aliphatic heterocycles. The lowest BCUT2D eigenvalue weighted by atomic mass is 9.91. The standard InChI is InChI=1S/C27H37N7O3S2/c1-18(35)34(6)26-32-30-23(39-26)13-8-7-12-22-29-31-25(38-22)28-21(36)15-19-10-9-11-20(14-19)17-33(5)24(37)16-27(2,3)4/h9-11,14H,7-8,12-13,15-17H2,1-6H3,(H,28,31,36). The fourth-order valence-electron chi connectivity index (χ4n) is 3.71. The van der Waals surface area contributed by atoms with Gasteiger partial charge in [0.15, 0.2) is 0 Å². The Hall–Kier alpha value is -3.25. The Balaban J connectivity index is 1.42. The zero-order valence-electron chi connectivity index (χ0n) is 23.5. The van der Waals surface area contributed by atoms with E-state index in [1.165, 1.54) is 34.5 Å². The molecule has 0 fully saturated rings. The van der Waals surface area contributed by atoms with Gasteiger partial charge in [-0.2, -0.15) is 0 Å². The molecule has 0 spiro atoms. The number of hydrogen-bond donors (Lipinski definition) is 1. The number of unbranched alkanes of at least 4 members (excludes halogenated alkanes) is 1. The van der Waals surface area contributed by atoms with Gasteiger partial charge in [0, 0.05) is 46.8 Å². The molecule has 0 aliphatic carbocycles. The van der Waals surface area contributed by atoms with Crippen LogP contribution in [0.1, 0.15) is 68.1 Å². The maximum atomic E-state index is 12.6. The first-order chi connectivity index (χ1) is 18.4. The van der Waals surface area contributed by atoms with Crippen LogP contribution >= 0.6 is 22.7 Å². The number of aromatic nitrogens is 4. The molecule has 10 nitrogen and oxygen atoms in total. The summed E-state index contributed by atoms with van der Waals surface area (Å²) in [6, 6.07) is 7.75. The van der Waals surface area contributed by atoms with Crippen LogP contribution in [-0.4, -0.2) is 57.1 Å². The number of nitrogens with one attached hydrogen (secondary N) is 1. The van der Waals surface area contributed by atoms with Crippen molar-refractivity contribution in [2.75, 3.05) is 24.3 Å². The average molecular weight is 572 g/mol. The van der Waals surface area contributed by atoms with Gasteiger partial charge in [-0.1, -0.05) is 67.7 Å². The van der Waals surface area contributed by atoms with E-state index in [1.54, 1.807) is 11.9 Å². The van der Waals surface area contributed by atoms with E-state index in [0.29, 0.717) is 23.2 Å². The van der Waals surface area contributed by atoms with E-state index in [2.05, 4.69) is 25.7 Å². The number of rotatable bonds is 12. The Morgan fingerprint density at radius 2 is 1.56 bits per heavy atom. The van der Waals surface area contributed by atoms with Crippen LogP contribution in [0.15, 0.2) is 24.3 Å². The maximum Gasteiger partial charge on any atom is 0.230 e. The molecule has 39 heavy (non-hydrogen) atoms. The van der Waals surface area contributed by atoms with E-state index in [1.807, 2.05) is 52.1 Å². The van der Waals surface area contributed by atoms with Crippen molar-refractivity contribution in [2.45, 2.75) is 72.8 Å². The summed E-state index contributed by atoms with van der Waals surface area (Å²) < 4.78 is 0. The van der Waals surface area contributed by atoms with Crippen molar-refractivity contribution in [3.8, 4) is 0 Å². The molecule has 1 aromatic carbocycles. The summed E-state index contributed by atoms with van der Waals surface area (Å²) in [5, 5.41) is 22.2. The van der Waals surface area contributed by atoms with Crippen molar-refractivity contribution in [3.63, 3.8) is 0 Å². The molecule has 2 aromatic heterocycles. The van der Waals surface area contributed by atoms with E-state index in [4.69, 9.17) is 0 Å². The first-order valence-electron chi connectivity index (χ1n) is 12.9. The Labute approximate surface area is 237 Å². The summed E-state index contributed by atoms with van der Waals surface area (Å²) in [5.74, 6) is -0.128. The minimum absolute atomic E-state index is 0.0607. The van der Waals surface area contributed by atoms with Gasteiger partial charge in [-0.3, -0.25) is 19.3 Å². The zero-order chi connectivity index (χ0) is 28.6. The van der Waals surface area contributed by atoms with Crippen LogP contribution in [0.3, 0.4) is 0 Å². The highest BCUT2D eigenvalue weighted by atomic mass is 32.1. The molecule has 3 rings (SSSR count). The molecule has 2 heterocycles. The molecular weight excluding hydrogens is 534 g/mol. The molecule has 0 bridgehead atoms. The fourth-order valence-corrected chi connectivity index (χ4v) is 5.39. The van der Waals surface area contributed by atoms with E-state index < -0.39 is 0 Å². The lowest BCUT2D eigenvalue weighted by Gasteiger charge is -2.23. The monoisotopic (exact) mass is 571 g/mol. The number of hydrogen-bond acceptors (Lipinski definition) is 9. The zero-order valence-corrected chi connectivity index (χ0v) is 25.1. The molecule has 0 saturated carbocycles. The average Bonchev–Trinajstić information content (AvgIpc) is 3.50. The normalized spacial score (nSPS) is 11.3.